The molecular weight excluding hydrogens is 280 g/mol. The number of allylic oxidation sites excluding steroid dienone is 1. The van der Waals surface area contributed by atoms with Gasteiger partial charge in [0, 0.05) is 25.6 Å². The van der Waals surface area contributed by atoms with E-state index >= 15 is 0 Å². The van der Waals surface area contributed by atoms with Crippen molar-refractivity contribution >= 4 is 11.8 Å². The van der Waals surface area contributed by atoms with E-state index in [1.54, 1.807) is 4.90 Å². The molecule has 0 spiro atoms. The maximum absolute atomic E-state index is 12.1. The Labute approximate surface area is 134 Å². The number of carbonyl (C=O) groups excluding carboxylic acids is 2. The molecule has 5 heteroatoms. The van der Waals surface area contributed by atoms with Crippen LogP contribution in [0.4, 0.5) is 0 Å². The molecule has 0 saturated carbocycles. The minimum Gasteiger partial charge on any atom is -0.369 e. The molecule has 1 atom stereocenters. The first-order chi connectivity index (χ1) is 10.4. The van der Waals surface area contributed by atoms with Crippen molar-refractivity contribution in [1.29, 1.82) is 0 Å². The van der Waals surface area contributed by atoms with Crippen LogP contribution in [-0.4, -0.2) is 49.1 Å². The van der Waals surface area contributed by atoms with Gasteiger partial charge in [-0.05, 0) is 39.0 Å². The molecule has 1 heterocycles. The lowest BCUT2D eigenvalue weighted by Crippen LogP contribution is -2.44. The van der Waals surface area contributed by atoms with Gasteiger partial charge < -0.3 is 15.0 Å². The Kier molecular flexibility index (Phi) is 8.17. The number of nitrogens with one attached hydrogen (secondary N) is 1. The zero-order chi connectivity index (χ0) is 16.5. The van der Waals surface area contributed by atoms with Crippen LogP contribution in [0.3, 0.4) is 0 Å². The van der Waals surface area contributed by atoms with Gasteiger partial charge >= 0.3 is 0 Å². The van der Waals surface area contributed by atoms with Crippen LogP contribution in [0.1, 0.15) is 40.0 Å². The van der Waals surface area contributed by atoms with E-state index in [1.165, 1.54) is 0 Å². The Bertz CT molecular complexity index is 374. The van der Waals surface area contributed by atoms with E-state index in [0.29, 0.717) is 25.6 Å². The van der Waals surface area contributed by atoms with Crippen LogP contribution < -0.4 is 5.32 Å². The summed E-state index contributed by atoms with van der Waals surface area (Å²) in [6, 6.07) is 0. The van der Waals surface area contributed by atoms with Crippen LogP contribution in [0, 0.1) is 11.8 Å². The summed E-state index contributed by atoms with van der Waals surface area (Å²) in [7, 11) is 0. The molecule has 0 aromatic carbocycles. The summed E-state index contributed by atoms with van der Waals surface area (Å²) in [5, 5.41) is 2.99. The number of likely N-dealkylation sites (tertiary alicyclic amines) is 1. The number of hydrogen-bond donors (Lipinski definition) is 1. The third-order valence-corrected chi connectivity index (χ3v) is 4.06. The van der Waals surface area contributed by atoms with Crippen molar-refractivity contribution in [2.24, 2.45) is 11.8 Å². The second-order valence-electron chi connectivity index (χ2n) is 6.31. The molecule has 1 fully saturated rings. The predicted molar refractivity (Wildman–Crippen MR) is 87.4 cm³/mol. The summed E-state index contributed by atoms with van der Waals surface area (Å²) in [6.45, 7) is 11.8. The normalized spacial score (nSPS) is 17.4. The highest BCUT2D eigenvalue weighted by Crippen LogP contribution is 2.17. The summed E-state index contributed by atoms with van der Waals surface area (Å²) in [4.78, 5) is 25.8. The van der Waals surface area contributed by atoms with E-state index < -0.39 is 0 Å². The Hall–Kier alpha value is -1.36. The highest BCUT2D eigenvalue weighted by atomic mass is 16.5. The predicted octanol–water partition coefficient (Wildman–Crippen LogP) is 1.98. The molecule has 1 unspecified atom stereocenters. The first kappa shape index (κ1) is 18.7. The molecule has 0 aromatic rings. The molecule has 0 aromatic heterocycles. The summed E-state index contributed by atoms with van der Waals surface area (Å²) in [6.07, 6.45) is 4.34. The molecule has 0 radical (unpaired) electrons. The molecule has 1 N–H and O–H groups in total. The first-order valence-corrected chi connectivity index (χ1v) is 8.23. The van der Waals surface area contributed by atoms with Crippen molar-refractivity contribution in [3.63, 3.8) is 0 Å². The molecule has 1 saturated heterocycles. The molecule has 1 rings (SSSR count). The number of amides is 2. The average Bonchev–Trinajstić information content (AvgIpc) is 2.52. The van der Waals surface area contributed by atoms with E-state index in [-0.39, 0.29) is 30.4 Å². The monoisotopic (exact) mass is 310 g/mol. The summed E-state index contributed by atoms with van der Waals surface area (Å²) in [5.74, 6) is 0.573. The number of carbonyl (C=O) groups is 2. The minimum absolute atomic E-state index is 0.0207. The van der Waals surface area contributed by atoms with Gasteiger partial charge in [-0.3, -0.25) is 9.59 Å². The summed E-state index contributed by atoms with van der Waals surface area (Å²) < 4.78 is 5.34. The Morgan fingerprint density at radius 3 is 2.50 bits per heavy atom. The Morgan fingerprint density at radius 1 is 1.32 bits per heavy atom. The van der Waals surface area contributed by atoms with Crippen LogP contribution in [0.25, 0.3) is 0 Å². The Morgan fingerprint density at radius 2 is 1.95 bits per heavy atom. The van der Waals surface area contributed by atoms with Gasteiger partial charge in [0.15, 0.2) is 0 Å². The molecule has 5 nitrogen and oxygen atoms in total. The number of piperidine rings is 1. The SMILES string of the molecule is C=CC(C)CCNC(=O)C1CCN(C(=O)COC(C)C)CC1. The fraction of sp³-hybridized carbons (Fsp3) is 0.765. The molecular formula is C17H30N2O3. The molecule has 1 aliphatic heterocycles. The lowest BCUT2D eigenvalue weighted by Gasteiger charge is -2.31. The number of rotatable bonds is 8. The van der Waals surface area contributed by atoms with Crippen molar-refractivity contribution in [3.8, 4) is 0 Å². The van der Waals surface area contributed by atoms with Crippen molar-refractivity contribution in [2.75, 3.05) is 26.2 Å². The Balaban J connectivity index is 2.25. The molecule has 0 aliphatic carbocycles. The minimum atomic E-state index is 0.0207. The molecule has 22 heavy (non-hydrogen) atoms. The van der Waals surface area contributed by atoms with Crippen molar-refractivity contribution in [1.82, 2.24) is 10.2 Å². The van der Waals surface area contributed by atoms with Gasteiger partial charge in [-0.25, -0.2) is 0 Å². The fourth-order valence-corrected chi connectivity index (χ4v) is 2.41. The van der Waals surface area contributed by atoms with Gasteiger partial charge in [-0.2, -0.15) is 0 Å². The van der Waals surface area contributed by atoms with E-state index in [0.717, 1.165) is 19.3 Å². The molecule has 0 bridgehead atoms. The quantitative estimate of drug-likeness (QED) is 0.697. The van der Waals surface area contributed by atoms with Crippen LogP contribution in [0.5, 0.6) is 0 Å². The topological polar surface area (TPSA) is 58.6 Å². The average molecular weight is 310 g/mol. The highest BCUT2D eigenvalue weighted by molar-refractivity contribution is 5.80. The number of hydrogen-bond acceptors (Lipinski definition) is 3. The third kappa shape index (κ3) is 6.60. The fourth-order valence-electron chi connectivity index (χ4n) is 2.41. The second-order valence-corrected chi connectivity index (χ2v) is 6.31. The second kappa shape index (κ2) is 9.62. The van der Waals surface area contributed by atoms with Crippen LogP contribution in [-0.2, 0) is 14.3 Å². The van der Waals surface area contributed by atoms with E-state index in [9.17, 15) is 9.59 Å². The zero-order valence-electron chi connectivity index (χ0n) is 14.1. The summed E-state index contributed by atoms with van der Waals surface area (Å²) in [5.41, 5.74) is 0. The van der Waals surface area contributed by atoms with Gasteiger partial charge in [-0.15, -0.1) is 6.58 Å². The standard InChI is InChI=1S/C17H30N2O3/c1-5-14(4)6-9-18-17(21)15-7-10-19(11-8-15)16(20)12-22-13(2)3/h5,13-15H,1,6-12H2,2-4H3,(H,18,21). The van der Waals surface area contributed by atoms with Gasteiger partial charge in [0.25, 0.3) is 0 Å². The summed E-state index contributed by atoms with van der Waals surface area (Å²) >= 11 is 0. The van der Waals surface area contributed by atoms with E-state index in [2.05, 4.69) is 18.8 Å². The van der Waals surface area contributed by atoms with E-state index in [1.807, 2.05) is 19.9 Å². The van der Waals surface area contributed by atoms with Crippen molar-refractivity contribution in [2.45, 2.75) is 46.1 Å². The number of ether oxygens (including phenoxy) is 1. The highest BCUT2D eigenvalue weighted by Gasteiger charge is 2.27. The van der Waals surface area contributed by atoms with E-state index in [4.69, 9.17) is 4.74 Å². The first-order valence-electron chi connectivity index (χ1n) is 8.23. The molecule has 126 valence electrons. The van der Waals surface area contributed by atoms with Gasteiger partial charge in [0.05, 0.1) is 6.10 Å². The van der Waals surface area contributed by atoms with Crippen LogP contribution in [0.2, 0.25) is 0 Å². The largest absolute Gasteiger partial charge is 0.369 e. The molecule has 2 amide bonds. The van der Waals surface area contributed by atoms with Gasteiger partial charge in [-0.1, -0.05) is 13.0 Å². The van der Waals surface area contributed by atoms with Crippen molar-refractivity contribution in [3.05, 3.63) is 12.7 Å². The zero-order valence-corrected chi connectivity index (χ0v) is 14.1. The molecule has 1 aliphatic rings. The van der Waals surface area contributed by atoms with Crippen molar-refractivity contribution < 1.29 is 14.3 Å². The number of nitrogens with zero attached hydrogens (tertiary/aromatic N) is 1. The maximum Gasteiger partial charge on any atom is 0.248 e. The third-order valence-electron chi connectivity index (χ3n) is 4.06. The lowest BCUT2D eigenvalue weighted by atomic mass is 9.95. The lowest BCUT2D eigenvalue weighted by molar-refractivity contribution is -0.140. The van der Waals surface area contributed by atoms with Crippen LogP contribution >= 0.6 is 0 Å². The van der Waals surface area contributed by atoms with Gasteiger partial charge in [0.1, 0.15) is 6.61 Å². The van der Waals surface area contributed by atoms with Crippen LogP contribution in [0.15, 0.2) is 12.7 Å². The maximum atomic E-state index is 12.1. The smallest absolute Gasteiger partial charge is 0.248 e. The van der Waals surface area contributed by atoms with Gasteiger partial charge in [0.2, 0.25) is 11.8 Å².